The number of aromatic nitrogens is 2. The van der Waals surface area contributed by atoms with Gasteiger partial charge in [-0.1, -0.05) is 0 Å². The molecule has 0 aliphatic carbocycles. The molecule has 98 valence electrons. The second-order valence-corrected chi connectivity index (χ2v) is 4.00. The number of pyridine rings is 2. The lowest BCUT2D eigenvalue weighted by molar-refractivity contribution is 0.0697. The van der Waals surface area contributed by atoms with Crippen LogP contribution in [0.25, 0.3) is 0 Å². The highest BCUT2D eigenvalue weighted by atomic mass is 16.4. The topological polar surface area (TPSA) is 101 Å². The summed E-state index contributed by atoms with van der Waals surface area (Å²) in [5, 5.41) is 12.1. The molecular weight excluding hydrogens is 244 g/mol. The summed E-state index contributed by atoms with van der Waals surface area (Å²) in [6.07, 6.45) is 5.63. The molecule has 0 radical (unpaired) electrons. The van der Waals surface area contributed by atoms with E-state index in [2.05, 4.69) is 15.3 Å². The molecule has 19 heavy (non-hydrogen) atoms. The van der Waals surface area contributed by atoms with Gasteiger partial charge in [0, 0.05) is 18.9 Å². The van der Waals surface area contributed by atoms with E-state index in [1.807, 2.05) is 12.1 Å². The number of carbonyl (C=O) groups is 1. The summed E-state index contributed by atoms with van der Waals surface area (Å²) >= 11 is 0. The Hall–Kier alpha value is -2.63. The lowest BCUT2D eigenvalue weighted by Crippen LogP contribution is -2.11. The fourth-order valence-electron chi connectivity index (χ4n) is 1.66. The van der Waals surface area contributed by atoms with Gasteiger partial charge < -0.3 is 16.2 Å². The van der Waals surface area contributed by atoms with Crippen molar-refractivity contribution >= 4 is 17.5 Å². The van der Waals surface area contributed by atoms with Crippen molar-refractivity contribution in [3.8, 4) is 0 Å². The Bertz CT molecular complexity index is 572. The Balaban J connectivity index is 2.02. The lowest BCUT2D eigenvalue weighted by Gasteiger charge is -2.09. The molecule has 0 saturated heterocycles. The summed E-state index contributed by atoms with van der Waals surface area (Å²) in [7, 11) is 0. The maximum atomic E-state index is 11.1. The number of carboxylic acid groups (broad SMARTS) is 1. The van der Waals surface area contributed by atoms with Crippen molar-refractivity contribution in [1.29, 1.82) is 0 Å². The third-order valence-electron chi connectivity index (χ3n) is 2.59. The van der Waals surface area contributed by atoms with Gasteiger partial charge in [0.2, 0.25) is 0 Å². The second-order valence-electron chi connectivity index (χ2n) is 4.00. The standard InChI is InChI=1S/C13H14N4O2/c14-10-7-11(13(18)19)12(17-8-10)16-6-3-9-1-4-15-5-2-9/h1-2,4-5,7-8H,3,6,14H2,(H,16,17)(H,18,19). The number of rotatable bonds is 5. The van der Waals surface area contributed by atoms with Crippen LogP contribution in [0.2, 0.25) is 0 Å². The predicted molar refractivity (Wildman–Crippen MR) is 72.0 cm³/mol. The molecule has 2 aromatic heterocycles. The third-order valence-corrected chi connectivity index (χ3v) is 2.59. The molecule has 0 aromatic carbocycles. The molecule has 6 nitrogen and oxygen atoms in total. The number of hydrogen-bond acceptors (Lipinski definition) is 5. The van der Waals surface area contributed by atoms with Crippen molar-refractivity contribution in [2.75, 3.05) is 17.6 Å². The van der Waals surface area contributed by atoms with Gasteiger partial charge in [0.05, 0.1) is 11.9 Å². The normalized spacial score (nSPS) is 10.1. The summed E-state index contributed by atoms with van der Waals surface area (Å²) in [4.78, 5) is 19.0. The molecule has 2 aromatic rings. The van der Waals surface area contributed by atoms with Crippen molar-refractivity contribution in [2.24, 2.45) is 0 Å². The van der Waals surface area contributed by atoms with Gasteiger partial charge in [0.25, 0.3) is 0 Å². The summed E-state index contributed by atoms with van der Waals surface area (Å²) in [6.45, 7) is 0.585. The zero-order chi connectivity index (χ0) is 13.7. The molecule has 0 aliphatic rings. The minimum absolute atomic E-state index is 0.0785. The van der Waals surface area contributed by atoms with Gasteiger partial charge in [-0.2, -0.15) is 0 Å². The fraction of sp³-hybridized carbons (Fsp3) is 0.154. The average molecular weight is 258 g/mol. The average Bonchev–Trinajstić information content (AvgIpc) is 2.41. The van der Waals surface area contributed by atoms with E-state index in [-0.39, 0.29) is 5.56 Å². The SMILES string of the molecule is Nc1cnc(NCCc2ccncc2)c(C(=O)O)c1. The zero-order valence-electron chi connectivity index (χ0n) is 10.2. The lowest BCUT2D eigenvalue weighted by atomic mass is 10.2. The van der Waals surface area contributed by atoms with Crippen LogP contribution < -0.4 is 11.1 Å². The maximum absolute atomic E-state index is 11.1. The van der Waals surface area contributed by atoms with Crippen molar-refractivity contribution in [2.45, 2.75) is 6.42 Å². The summed E-state index contributed by atoms with van der Waals surface area (Å²) in [6, 6.07) is 5.22. The second kappa shape index (κ2) is 5.81. The Morgan fingerprint density at radius 3 is 2.79 bits per heavy atom. The van der Waals surface area contributed by atoms with E-state index in [1.165, 1.54) is 12.3 Å². The van der Waals surface area contributed by atoms with Crippen molar-refractivity contribution in [3.05, 3.63) is 47.9 Å². The van der Waals surface area contributed by atoms with Crippen molar-refractivity contribution < 1.29 is 9.90 Å². The van der Waals surface area contributed by atoms with E-state index in [9.17, 15) is 4.79 Å². The van der Waals surface area contributed by atoms with Gasteiger partial charge in [-0.15, -0.1) is 0 Å². The fourth-order valence-corrected chi connectivity index (χ4v) is 1.66. The first kappa shape index (κ1) is 12.8. The smallest absolute Gasteiger partial charge is 0.339 e. The van der Waals surface area contributed by atoms with Gasteiger partial charge >= 0.3 is 5.97 Å². The number of aromatic carboxylic acids is 1. The Kier molecular flexibility index (Phi) is 3.92. The number of hydrogen-bond donors (Lipinski definition) is 3. The highest BCUT2D eigenvalue weighted by molar-refractivity contribution is 5.94. The number of nitrogens with two attached hydrogens (primary N) is 1. The molecule has 0 aliphatic heterocycles. The molecule has 2 rings (SSSR count). The van der Waals surface area contributed by atoms with Crippen LogP contribution in [0.15, 0.2) is 36.8 Å². The Morgan fingerprint density at radius 1 is 1.37 bits per heavy atom. The number of carboxylic acids is 1. The van der Waals surface area contributed by atoms with Gasteiger partial charge in [-0.25, -0.2) is 9.78 Å². The third kappa shape index (κ3) is 3.41. The van der Waals surface area contributed by atoms with Gasteiger partial charge in [-0.3, -0.25) is 4.98 Å². The highest BCUT2D eigenvalue weighted by Crippen LogP contribution is 2.15. The van der Waals surface area contributed by atoms with Crippen LogP contribution in [-0.4, -0.2) is 27.6 Å². The van der Waals surface area contributed by atoms with Crippen LogP contribution >= 0.6 is 0 Å². The van der Waals surface area contributed by atoms with E-state index >= 15 is 0 Å². The van der Waals surface area contributed by atoms with Gasteiger partial charge in [0.1, 0.15) is 11.4 Å². The number of anilines is 2. The minimum Gasteiger partial charge on any atom is -0.478 e. The zero-order valence-corrected chi connectivity index (χ0v) is 10.2. The molecule has 0 amide bonds. The number of nitrogens with zero attached hydrogens (tertiary/aromatic N) is 2. The van der Waals surface area contributed by atoms with Gasteiger partial charge in [-0.05, 0) is 30.2 Å². The quantitative estimate of drug-likeness (QED) is 0.749. The molecule has 0 unspecified atom stereocenters. The molecule has 4 N–H and O–H groups in total. The highest BCUT2D eigenvalue weighted by Gasteiger charge is 2.11. The Morgan fingerprint density at radius 2 is 2.11 bits per heavy atom. The molecule has 0 saturated carbocycles. The van der Waals surface area contributed by atoms with Crippen LogP contribution in [0.4, 0.5) is 11.5 Å². The largest absolute Gasteiger partial charge is 0.478 e. The van der Waals surface area contributed by atoms with Crippen LogP contribution in [0, 0.1) is 0 Å². The Labute approximate surface area is 110 Å². The van der Waals surface area contributed by atoms with E-state index in [0.29, 0.717) is 18.1 Å². The molecular formula is C13H14N4O2. The van der Waals surface area contributed by atoms with E-state index in [0.717, 1.165) is 12.0 Å². The van der Waals surface area contributed by atoms with Crippen LogP contribution in [0.1, 0.15) is 15.9 Å². The van der Waals surface area contributed by atoms with Crippen LogP contribution in [0.5, 0.6) is 0 Å². The molecule has 0 fully saturated rings. The summed E-state index contributed by atoms with van der Waals surface area (Å²) < 4.78 is 0. The molecule has 0 bridgehead atoms. The molecule has 0 spiro atoms. The predicted octanol–water partition coefficient (Wildman–Crippen LogP) is 1.41. The summed E-state index contributed by atoms with van der Waals surface area (Å²) in [5.41, 5.74) is 7.05. The van der Waals surface area contributed by atoms with E-state index in [1.54, 1.807) is 12.4 Å². The van der Waals surface area contributed by atoms with Crippen molar-refractivity contribution in [3.63, 3.8) is 0 Å². The van der Waals surface area contributed by atoms with Crippen LogP contribution in [-0.2, 0) is 6.42 Å². The van der Waals surface area contributed by atoms with Crippen molar-refractivity contribution in [1.82, 2.24) is 9.97 Å². The van der Waals surface area contributed by atoms with E-state index in [4.69, 9.17) is 10.8 Å². The monoisotopic (exact) mass is 258 g/mol. The summed E-state index contributed by atoms with van der Waals surface area (Å²) in [5.74, 6) is -0.720. The van der Waals surface area contributed by atoms with Gasteiger partial charge in [0.15, 0.2) is 0 Å². The molecule has 6 heteroatoms. The molecule has 0 atom stereocenters. The first-order valence-corrected chi connectivity index (χ1v) is 5.78. The minimum atomic E-state index is -1.05. The number of nitrogen functional groups attached to an aromatic ring is 1. The van der Waals surface area contributed by atoms with Crippen LogP contribution in [0.3, 0.4) is 0 Å². The first-order chi connectivity index (χ1) is 9.16. The number of nitrogens with one attached hydrogen (secondary N) is 1. The van der Waals surface area contributed by atoms with E-state index < -0.39 is 5.97 Å². The maximum Gasteiger partial charge on any atom is 0.339 e. The molecule has 2 heterocycles. The first-order valence-electron chi connectivity index (χ1n) is 5.78.